The third-order valence-corrected chi connectivity index (χ3v) is 5.46. The molecule has 6 nitrogen and oxygen atoms in total. The molecule has 1 aliphatic heterocycles. The lowest BCUT2D eigenvalue weighted by Crippen LogP contribution is -2.44. The van der Waals surface area contributed by atoms with Crippen LogP contribution in [0.5, 0.6) is 0 Å². The molecule has 1 atom stereocenters. The molecule has 0 spiro atoms. The summed E-state index contributed by atoms with van der Waals surface area (Å²) in [7, 11) is 0. The first-order chi connectivity index (χ1) is 12.6. The van der Waals surface area contributed by atoms with Crippen LogP contribution >= 0.6 is 11.8 Å². The van der Waals surface area contributed by atoms with Gasteiger partial charge in [0.15, 0.2) is 11.0 Å². The van der Waals surface area contributed by atoms with Gasteiger partial charge in [-0.2, -0.15) is 0 Å². The first-order valence-corrected chi connectivity index (χ1v) is 10.0. The number of hydrogen-bond acceptors (Lipinski definition) is 5. The Balaban J connectivity index is 1.80. The standard InChI is InChI=1S/C19H26N4O2S/c1-4-8-23-17(16-7-5-6-14(2)13-16)20-21-19(23)26-15(3)18(24)22-9-11-25-12-10-22/h5-7,13,15H,4,8-12H2,1-3H3. The molecule has 1 aliphatic rings. The highest BCUT2D eigenvalue weighted by Crippen LogP contribution is 2.28. The van der Waals surface area contributed by atoms with E-state index in [2.05, 4.69) is 46.8 Å². The Hall–Kier alpha value is -1.86. The third kappa shape index (κ3) is 4.27. The van der Waals surface area contributed by atoms with Gasteiger partial charge in [0.25, 0.3) is 0 Å². The summed E-state index contributed by atoms with van der Waals surface area (Å²) in [6.45, 7) is 9.55. The molecule has 3 rings (SSSR count). The van der Waals surface area contributed by atoms with Crippen molar-refractivity contribution in [2.24, 2.45) is 0 Å². The normalized spacial score (nSPS) is 15.9. The molecular weight excluding hydrogens is 348 g/mol. The highest BCUT2D eigenvalue weighted by atomic mass is 32.2. The Morgan fingerprint density at radius 1 is 1.31 bits per heavy atom. The molecule has 1 aromatic carbocycles. The number of aromatic nitrogens is 3. The summed E-state index contributed by atoms with van der Waals surface area (Å²) in [6, 6.07) is 8.28. The van der Waals surface area contributed by atoms with Crippen LogP contribution in [-0.4, -0.2) is 57.1 Å². The average molecular weight is 375 g/mol. The highest BCUT2D eigenvalue weighted by molar-refractivity contribution is 8.00. The van der Waals surface area contributed by atoms with E-state index in [4.69, 9.17) is 4.74 Å². The molecule has 1 saturated heterocycles. The van der Waals surface area contributed by atoms with Crippen LogP contribution in [0.25, 0.3) is 11.4 Å². The third-order valence-electron chi connectivity index (χ3n) is 4.39. The summed E-state index contributed by atoms with van der Waals surface area (Å²) in [5.74, 6) is 1.01. The predicted molar refractivity (Wildman–Crippen MR) is 103 cm³/mol. The predicted octanol–water partition coefficient (Wildman–Crippen LogP) is 3.00. The van der Waals surface area contributed by atoms with Crippen molar-refractivity contribution in [2.75, 3.05) is 26.3 Å². The van der Waals surface area contributed by atoms with Crippen LogP contribution in [0.15, 0.2) is 29.4 Å². The number of aryl methyl sites for hydroxylation is 1. The number of carbonyl (C=O) groups is 1. The highest BCUT2D eigenvalue weighted by Gasteiger charge is 2.25. The van der Waals surface area contributed by atoms with E-state index in [0.717, 1.165) is 29.5 Å². The fraction of sp³-hybridized carbons (Fsp3) is 0.526. The van der Waals surface area contributed by atoms with Crippen molar-refractivity contribution >= 4 is 17.7 Å². The van der Waals surface area contributed by atoms with Gasteiger partial charge in [0.05, 0.1) is 18.5 Å². The van der Waals surface area contributed by atoms with E-state index in [9.17, 15) is 4.79 Å². The van der Waals surface area contributed by atoms with E-state index in [0.29, 0.717) is 26.3 Å². The van der Waals surface area contributed by atoms with E-state index in [1.54, 1.807) is 0 Å². The van der Waals surface area contributed by atoms with Crippen LogP contribution in [-0.2, 0) is 16.1 Å². The van der Waals surface area contributed by atoms with Crippen LogP contribution in [0.3, 0.4) is 0 Å². The van der Waals surface area contributed by atoms with Gasteiger partial charge in [0, 0.05) is 25.2 Å². The van der Waals surface area contributed by atoms with Crippen molar-refractivity contribution in [1.29, 1.82) is 0 Å². The van der Waals surface area contributed by atoms with Crippen LogP contribution in [0.2, 0.25) is 0 Å². The molecule has 26 heavy (non-hydrogen) atoms. The summed E-state index contributed by atoms with van der Waals surface area (Å²) in [5, 5.41) is 9.41. The average Bonchev–Trinajstić information content (AvgIpc) is 3.04. The molecule has 1 aromatic heterocycles. The first kappa shape index (κ1) is 18.9. The van der Waals surface area contributed by atoms with Crippen molar-refractivity contribution in [3.05, 3.63) is 29.8 Å². The molecule has 0 N–H and O–H groups in total. The Morgan fingerprint density at radius 2 is 2.08 bits per heavy atom. The number of ether oxygens (including phenoxy) is 1. The van der Waals surface area contributed by atoms with Gasteiger partial charge in [0.1, 0.15) is 0 Å². The molecule has 0 radical (unpaired) electrons. The molecule has 7 heteroatoms. The number of nitrogens with zero attached hydrogens (tertiary/aromatic N) is 4. The zero-order chi connectivity index (χ0) is 18.5. The maximum atomic E-state index is 12.7. The fourth-order valence-electron chi connectivity index (χ4n) is 3.05. The van der Waals surface area contributed by atoms with E-state index < -0.39 is 0 Å². The Bertz CT molecular complexity index is 756. The Labute approximate surface area is 158 Å². The van der Waals surface area contributed by atoms with Gasteiger partial charge in [0.2, 0.25) is 5.91 Å². The van der Waals surface area contributed by atoms with Crippen LogP contribution in [0.4, 0.5) is 0 Å². The Kier molecular flexibility index (Phi) is 6.32. The van der Waals surface area contributed by atoms with Crippen LogP contribution < -0.4 is 0 Å². The van der Waals surface area contributed by atoms with Gasteiger partial charge in [-0.05, 0) is 26.3 Å². The van der Waals surface area contributed by atoms with Crippen LogP contribution in [0.1, 0.15) is 25.8 Å². The number of amides is 1. The number of rotatable bonds is 6. The maximum Gasteiger partial charge on any atom is 0.236 e. The lowest BCUT2D eigenvalue weighted by atomic mass is 10.1. The van der Waals surface area contributed by atoms with Gasteiger partial charge >= 0.3 is 0 Å². The van der Waals surface area contributed by atoms with Crippen molar-refractivity contribution in [3.8, 4) is 11.4 Å². The topological polar surface area (TPSA) is 60.2 Å². The molecule has 0 saturated carbocycles. The largest absolute Gasteiger partial charge is 0.378 e. The van der Waals surface area contributed by atoms with Gasteiger partial charge in [-0.3, -0.25) is 4.79 Å². The monoisotopic (exact) mass is 374 g/mol. The first-order valence-electron chi connectivity index (χ1n) is 9.13. The minimum absolute atomic E-state index is 0.140. The van der Waals surface area contributed by atoms with Crippen molar-refractivity contribution < 1.29 is 9.53 Å². The SMILES string of the molecule is CCCn1c(SC(C)C(=O)N2CCOCC2)nnc1-c1cccc(C)c1. The van der Waals surface area contributed by atoms with E-state index in [-0.39, 0.29) is 11.2 Å². The molecule has 2 heterocycles. The van der Waals surface area contributed by atoms with Crippen molar-refractivity contribution in [2.45, 2.75) is 44.1 Å². The van der Waals surface area contributed by atoms with Gasteiger partial charge in [-0.15, -0.1) is 10.2 Å². The fourth-order valence-corrected chi connectivity index (χ4v) is 4.01. The molecule has 2 aromatic rings. The summed E-state index contributed by atoms with van der Waals surface area (Å²) in [6.07, 6.45) is 0.982. The second-order valence-electron chi connectivity index (χ2n) is 6.53. The molecule has 0 aliphatic carbocycles. The molecule has 1 unspecified atom stereocenters. The van der Waals surface area contributed by atoms with E-state index >= 15 is 0 Å². The van der Waals surface area contributed by atoms with Crippen LogP contribution in [0, 0.1) is 6.92 Å². The number of morpholine rings is 1. The molecule has 0 bridgehead atoms. The van der Waals surface area contributed by atoms with Crippen molar-refractivity contribution in [1.82, 2.24) is 19.7 Å². The number of carbonyl (C=O) groups excluding carboxylic acids is 1. The molecule has 1 fully saturated rings. The zero-order valence-electron chi connectivity index (χ0n) is 15.6. The molecule has 140 valence electrons. The summed E-state index contributed by atoms with van der Waals surface area (Å²) < 4.78 is 7.46. The minimum atomic E-state index is -0.196. The quantitative estimate of drug-likeness (QED) is 0.728. The lowest BCUT2D eigenvalue weighted by molar-refractivity contribution is -0.134. The zero-order valence-corrected chi connectivity index (χ0v) is 16.5. The van der Waals surface area contributed by atoms with Gasteiger partial charge < -0.3 is 14.2 Å². The van der Waals surface area contributed by atoms with E-state index in [1.165, 1.54) is 17.3 Å². The number of benzene rings is 1. The summed E-state index contributed by atoms with van der Waals surface area (Å²) >= 11 is 1.49. The number of thioether (sulfide) groups is 1. The second kappa shape index (κ2) is 8.68. The maximum absolute atomic E-state index is 12.7. The molecule has 1 amide bonds. The number of hydrogen-bond donors (Lipinski definition) is 0. The smallest absolute Gasteiger partial charge is 0.236 e. The van der Waals surface area contributed by atoms with Crippen molar-refractivity contribution in [3.63, 3.8) is 0 Å². The lowest BCUT2D eigenvalue weighted by Gasteiger charge is -2.28. The molecular formula is C19H26N4O2S. The second-order valence-corrected chi connectivity index (χ2v) is 7.83. The minimum Gasteiger partial charge on any atom is -0.378 e. The summed E-state index contributed by atoms with van der Waals surface area (Å²) in [5.41, 5.74) is 2.25. The van der Waals surface area contributed by atoms with Gasteiger partial charge in [-0.25, -0.2) is 0 Å². The van der Waals surface area contributed by atoms with E-state index in [1.807, 2.05) is 17.9 Å². The Morgan fingerprint density at radius 3 is 2.77 bits per heavy atom. The summed E-state index contributed by atoms with van der Waals surface area (Å²) in [4.78, 5) is 14.6. The van der Waals surface area contributed by atoms with Gasteiger partial charge in [-0.1, -0.05) is 42.4 Å².